The summed E-state index contributed by atoms with van der Waals surface area (Å²) in [4.78, 5) is 16.7. The molecule has 0 saturated carbocycles. The van der Waals surface area contributed by atoms with Crippen LogP contribution in [-0.4, -0.2) is 61.1 Å². The number of methoxy groups -OCH3 is 1. The zero-order valence-corrected chi connectivity index (χ0v) is 19.7. The fourth-order valence-electron chi connectivity index (χ4n) is 4.18. The van der Waals surface area contributed by atoms with Crippen LogP contribution in [0.15, 0.2) is 41.4 Å². The number of carboxylic acids is 1. The van der Waals surface area contributed by atoms with Crippen molar-refractivity contribution in [2.75, 3.05) is 25.1 Å². The summed E-state index contributed by atoms with van der Waals surface area (Å²) in [5, 5.41) is 8.98. The van der Waals surface area contributed by atoms with Gasteiger partial charge in [0.2, 0.25) is 10.0 Å². The molecule has 0 aliphatic carbocycles. The molecule has 1 aliphatic heterocycles. The number of benzene rings is 1. The van der Waals surface area contributed by atoms with Crippen molar-refractivity contribution in [3.8, 4) is 5.75 Å². The topological polar surface area (TPSA) is 100 Å². The average molecular weight is 502 g/mol. The fourth-order valence-corrected chi connectivity index (χ4v) is 6.04. The number of anilines is 1. The van der Waals surface area contributed by atoms with E-state index in [4.69, 9.17) is 9.84 Å². The lowest BCUT2D eigenvalue weighted by Crippen LogP contribution is -2.58. The Kier molecular flexibility index (Phi) is 7.41. The predicted molar refractivity (Wildman–Crippen MR) is 118 cm³/mol. The Morgan fingerprint density at radius 1 is 1.18 bits per heavy atom. The summed E-state index contributed by atoms with van der Waals surface area (Å²) in [6.07, 6.45) is -3.78. The third-order valence-electron chi connectivity index (χ3n) is 5.67. The van der Waals surface area contributed by atoms with Gasteiger partial charge in [-0.3, -0.25) is 4.79 Å². The first-order chi connectivity index (χ1) is 15.8. The molecule has 34 heavy (non-hydrogen) atoms. The van der Waals surface area contributed by atoms with Gasteiger partial charge >= 0.3 is 12.1 Å². The molecule has 12 heteroatoms. The number of piperazine rings is 1. The Balaban J connectivity index is 1.84. The van der Waals surface area contributed by atoms with E-state index in [1.54, 1.807) is 18.7 Å². The lowest BCUT2D eigenvalue weighted by Gasteiger charge is -2.43. The van der Waals surface area contributed by atoms with Gasteiger partial charge in [-0.1, -0.05) is 0 Å². The van der Waals surface area contributed by atoms with E-state index in [1.807, 2.05) is 0 Å². The van der Waals surface area contributed by atoms with Gasteiger partial charge in [0.15, 0.2) is 0 Å². The summed E-state index contributed by atoms with van der Waals surface area (Å²) in [7, 11) is -2.52. The minimum absolute atomic E-state index is 0.0218. The monoisotopic (exact) mass is 501 g/mol. The van der Waals surface area contributed by atoms with Gasteiger partial charge in [-0.25, -0.2) is 13.4 Å². The third-order valence-corrected chi connectivity index (χ3v) is 7.80. The van der Waals surface area contributed by atoms with E-state index in [9.17, 15) is 26.4 Å². The van der Waals surface area contributed by atoms with Gasteiger partial charge in [0.1, 0.15) is 11.6 Å². The molecule has 3 rings (SSSR count). The molecule has 0 spiro atoms. The van der Waals surface area contributed by atoms with E-state index < -0.39 is 39.8 Å². The highest BCUT2D eigenvalue weighted by Gasteiger charge is 2.39. The quantitative estimate of drug-likeness (QED) is 0.621. The molecule has 1 fully saturated rings. The standard InChI is InChI=1S/C22H26F3N3O5S/c1-14-12-27(20-8-5-17(11-26-20)22(23,24)25)13-15(2)28(14)34(31,32)18-6-7-19(33-3)16(10-18)4-9-21(29)30/h5-8,10-11,14-15H,4,9,12-13H2,1-3H3,(H,29,30). The molecule has 2 atom stereocenters. The second-order valence-electron chi connectivity index (χ2n) is 8.21. The number of carbonyl (C=O) groups is 1. The SMILES string of the molecule is COc1ccc(S(=O)(=O)N2C(C)CN(c3ccc(C(F)(F)F)cn3)CC2C)cc1CCC(=O)O. The van der Waals surface area contributed by atoms with Crippen molar-refractivity contribution in [2.24, 2.45) is 0 Å². The summed E-state index contributed by atoms with van der Waals surface area (Å²) in [6.45, 7) is 3.92. The Morgan fingerprint density at radius 2 is 1.82 bits per heavy atom. The van der Waals surface area contributed by atoms with Gasteiger partial charge in [0.25, 0.3) is 0 Å². The van der Waals surface area contributed by atoms with Crippen molar-refractivity contribution in [2.45, 2.75) is 49.8 Å². The maximum Gasteiger partial charge on any atom is 0.417 e. The molecule has 0 amide bonds. The second-order valence-corrected chi connectivity index (χ2v) is 10.1. The van der Waals surface area contributed by atoms with Crippen LogP contribution >= 0.6 is 0 Å². The maximum absolute atomic E-state index is 13.5. The van der Waals surface area contributed by atoms with Crippen LogP contribution in [0.1, 0.15) is 31.4 Å². The molecular formula is C22H26F3N3O5S. The van der Waals surface area contributed by atoms with Crippen LogP contribution in [0.5, 0.6) is 5.75 Å². The normalized spacial score (nSPS) is 19.8. The van der Waals surface area contributed by atoms with Crippen LogP contribution < -0.4 is 9.64 Å². The zero-order valence-electron chi connectivity index (χ0n) is 18.9. The lowest BCUT2D eigenvalue weighted by atomic mass is 10.1. The van der Waals surface area contributed by atoms with E-state index in [0.717, 1.165) is 12.3 Å². The molecule has 2 heterocycles. The van der Waals surface area contributed by atoms with Gasteiger partial charge in [0.05, 0.1) is 17.6 Å². The van der Waals surface area contributed by atoms with E-state index >= 15 is 0 Å². The fraction of sp³-hybridized carbons (Fsp3) is 0.455. The van der Waals surface area contributed by atoms with Crippen LogP contribution in [0.4, 0.5) is 19.0 Å². The van der Waals surface area contributed by atoms with Crippen LogP contribution in [0, 0.1) is 0 Å². The first kappa shape index (κ1) is 25.8. The number of nitrogens with zero attached hydrogens (tertiary/aromatic N) is 3. The number of alkyl halides is 3. The zero-order chi connectivity index (χ0) is 25.3. The minimum Gasteiger partial charge on any atom is -0.496 e. The van der Waals surface area contributed by atoms with Crippen molar-refractivity contribution in [3.63, 3.8) is 0 Å². The lowest BCUT2D eigenvalue weighted by molar-refractivity contribution is -0.138. The molecule has 0 radical (unpaired) electrons. The molecule has 1 saturated heterocycles. The molecule has 2 aromatic rings. The summed E-state index contributed by atoms with van der Waals surface area (Å²) < 4.78 is 72.1. The van der Waals surface area contributed by atoms with E-state index in [1.165, 1.54) is 35.7 Å². The van der Waals surface area contributed by atoms with Crippen molar-refractivity contribution < 1.29 is 36.2 Å². The molecule has 1 N–H and O–H groups in total. The number of hydrogen-bond donors (Lipinski definition) is 1. The van der Waals surface area contributed by atoms with Gasteiger partial charge in [0, 0.05) is 37.8 Å². The first-order valence-corrected chi connectivity index (χ1v) is 12.0. The molecule has 1 aliphatic rings. The number of aryl methyl sites for hydroxylation is 1. The number of ether oxygens (including phenoxy) is 1. The number of hydrogen-bond acceptors (Lipinski definition) is 6. The summed E-state index contributed by atoms with van der Waals surface area (Å²) in [5.74, 6) is -0.269. The summed E-state index contributed by atoms with van der Waals surface area (Å²) in [6, 6.07) is 5.59. The Bertz CT molecular complexity index is 1130. The minimum atomic E-state index is -4.49. The highest BCUT2D eigenvalue weighted by molar-refractivity contribution is 7.89. The highest BCUT2D eigenvalue weighted by Crippen LogP contribution is 2.32. The second kappa shape index (κ2) is 9.79. The van der Waals surface area contributed by atoms with Gasteiger partial charge < -0.3 is 14.7 Å². The van der Waals surface area contributed by atoms with Crippen molar-refractivity contribution in [1.29, 1.82) is 0 Å². The molecule has 8 nitrogen and oxygen atoms in total. The smallest absolute Gasteiger partial charge is 0.417 e. The first-order valence-electron chi connectivity index (χ1n) is 10.5. The summed E-state index contributed by atoms with van der Waals surface area (Å²) >= 11 is 0. The van der Waals surface area contributed by atoms with Crippen molar-refractivity contribution in [3.05, 3.63) is 47.7 Å². The number of aliphatic carboxylic acids is 1. The predicted octanol–water partition coefficient (Wildman–Crippen LogP) is 3.41. The number of sulfonamides is 1. The number of aromatic nitrogens is 1. The van der Waals surface area contributed by atoms with E-state index in [0.29, 0.717) is 17.1 Å². The van der Waals surface area contributed by atoms with E-state index in [-0.39, 0.29) is 30.8 Å². The van der Waals surface area contributed by atoms with Crippen LogP contribution in [-0.2, 0) is 27.4 Å². The van der Waals surface area contributed by atoms with E-state index in [2.05, 4.69) is 4.98 Å². The Labute approximate surface area is 196 Å². The average Bonchev–Trinajstić information content (AvgIpc) is 2.76. The Morgan fingerprint density at radius 3 is 2.32 bits per heavy atom. The molecule has 1 aromatic carbocycles. The van der Waals surface area contributed by atoms with Gasteiger partial charge in [-0.15, -0.1) is 0 Å². The molecule has 186 valence electrons. The molecule has 1 aromatic heterocycles. The third kappa shape index (κ3) is 5.44. The number of carboxylic acid groups (broad SMARTS) is 1. The van der Waals surface area contributed by atoms with Crippen LogP contribution in [0.2, 0.25) is 0 Å². The molecule has 2 unspecified atom stereocenters. The molecular weight excluding hydrogens is 475 g/mol. The Hall–Kier alpha value is -2.86. The van der Waals surface area contributed by atoms with Crippen LogP contribution in [0.3, 0.4) is 0 Å². The summed E-state index contributed by atoms with van der Waals surface area (Å²) in [5.41, 5.74) is -0.379. The van der Waals surface area contributed by atoms with Crippen LogP contribution in [0.25, 0.3) is 0 Å². The number of pyridine rings is 1. The number of rotatable bonds is 7. The van der Waals surface area contributed by atoms with Gasteiger partial charge in [-0.2, -0.15) is 17.5 Å². The largest absolute Gasteiger partial charge is 0.496 e. The highest BCUT2D eigenvalue weighted by atomic mass is 32.2. The molecule has 0 bridgehead atoms. The van der Waals surface area contributed by atoms with Crippen molar-refractivity contribution in [1.82, 2.24) is 9.29 Å². The van der Waals surface area contributed by atoms with Crippen molar-refractivity contribution >= 4 is 21.8 Å². The maximum atomic E-state index is 13.5. The van der Waals surface area contributed by atoms with Gasteiger partial charge in [-0.05, 0) is 56.2 Å². The number of halogens is 3.